The first kappa shape index (κ1) is 16.4. The minimum absolute atomic E-state index is 0.116. The number of amides is 1. The van der Waals surface area contributed by atoms with Gasteiger partial charge >= 0.3 is 0 Å². The third kappa shape index (κ3) is 4.31. The van der Waals surface area contributed by atoms with Gasteiger partial charge in [0, 0.05) is 12.1 Å². The van der Waals surface area contributed by atoms with Crippen LogP contribution < -0.4 is 10.1 Å². The lowest BCUT2D eigenvalue weighted by Gasteiger charge is -2.00. The van der Waals surface area contributed by atoms with E-state index in [2.05, 4.69) is 20.6 Å². The number of hydrogen-bond acceptors (Lipinski definition) is 7. The molecule has 2 aromatic heterocycles. The van der Waals surface area contributed by atoms with Crippen molar-refractivity contribution in [3.8, 4) is 17.3 Å². The van der Waals surface area contributed by atoms with E-state index in [1.54, 1.807) is 26.2 Å². The molecule has 8 heteroatoms. The minimum Gasteiger partial charge on any atom is -0.497 e. The van der Waals surface area contributed by atoms with Crippen molar-refractivity contribution in [1.82, 2.24) is 20.6 Å². The van der Waals surface area contributed by atoms with Crippen LogP contribution in [0, 0.1) is 6.92 Å². The van der Waals surface area contributed by atoms with E-state index in [4.69, 9.17) is 13.8 Å². The van der Waals surface area contributed by atoms with Gasteiger partial charge in [-0.2, -0.15) is 4.98 Å². The number of ether oxygens (including phenoxy) is 1. The van der Waals surface area contributed by atoms with Gasteiger partial charge in [-0.1, -0.05) is 22.4 Å². The van der Waals surface area contributed by atoms with E-state index in [-0.39, 0.29) is 18.3 Å². The second-order valence-electron chi connectivity index (χ2n) is 5.16. The predicted octanol–water partition coefficient (Wildman–Crippen LogP) is 2.37. The third-order valence-corrected chi connectivity index (χ3v) is 3.26. The molecular weight excluding hydrogens is 324 g/mol. The number of hydrogen-bond donors (Lipinski definition) is 1. The lowest BCUT2D eigenvalue weighted by atomic mass is 10.2. The number of rotatable bonds is 6. The number of nitrogens with zero attached hydrogens (tertiary/aromatic N) is 3. The topological polar surface area (TPSA) is 103 Å². The van der Waals surface area contributed by atoms with Crippen LogP contribution >= 0.6 is 0 Å². The van der Waals surface area contributed by atoms with Crippen molar-refractivity contribution in [3.05, 3.63) is 53.6 Å². The molecule has 0 fully saturated rings. The summed E-state index contributed by atoms with van der Waals surface area (Å²) in [7, 11) is 1.59. The Morgan fingerprint density at radius 3 is 2.92 bits per heavy atom. The van der Waals surface area contributed by atoms with Crippen molar-refractivity contribution >= 4 is 12.0 Å². The highest BCUT2D eigenvalue weighted by Gasteiger charge is 2.12. The Balaban J connectivity index is 1.55. The molecule has 128 valence electrons. The fraction of sp³-hybridized carbons (Fsp3) is 0.176. The first-order valence-electron chi connectivity index (χ1n) is 7.50. The average Bonchev–Trinajstić information content (AvgIpc) is 3.27. The molecule has 2 heterocycles. The highest BCUT2D eigenvalue weighted by molar-refractivity contribution is 5.91. The zero-order valence-corrected chi connectivity index (χ0v) is 13.7. The van der Waals surface area contributed by atoms with Crippen molar-refractivity contribution in [2.24, 2.45) is 0 Å². The maximum atomic E-state index is 11.9. The van der Waals surface area contributed by atoms with Crippen LogP contribution in [-0.4, -0.2) is 28.3 Å². The lowest BCUT2D eigenvalue weighted by Crippen LogP contribution is -2.20. The zero-order valence-electron chi connectivity index (χ0n) is 13.7. The Morgan fingerprint density at radius 1 is 1.28 bits per heavy atom. The van der Waals surface area contributed by atoms with Gasteiger partial charge in [0.2, 0.25) is 17.6 Å². The number of benzene rings is 1. The number of nitrogens with one attached hydrogen (secondary N) is 1. The molecule has 0 saturated heterocycles. The van der Waals surface area contributed by atoms with Crippen LogP contribution in [0.1, 0.15) is 17.2 Å². The van der Waals surface area contributed by atoms with Gasteiger partial charge in [0.15, 0.2) is 5.69 Å². The van der Waals surface area contributed by atoms with Crippen LogP contribution in [0.25, 0.3) is 17.6 Å². The molecule has 0 aliphatic heterocycles. The number of aromatic nitrogens is 3. The SMILES string of the molecule is COc1cccc(/C=C/C(=O)NCc2nc(-c3cc(C)on3)no2)c1. The van der Waals surface area contributed by atoms with Crippen molar-refractivity contribution in [2.75, 3.05) is 7.11 Å². The summed E-state index contributed by atoms with van der Waals surface area (Å²) in [5.41, 5.74) is 1.34. The summed E-state index contributed by atoms with van der Waals surface area (Å²) in [6.07, 6.45) is 3.11. The summed E-state index contributed by atoms with van der Waals surface area (Å²) in [4.78, 5) is 16.0. The van der Waals surface area contributed by atoms with Gasteiger partial charge in [0.05, 0.1) is 13.7 Å². The van der Waals surface area contributed by atoms with E-state index in [0.717, 1.165) is 11.3 Å². The normalized spacial score (nSPS) is 11.0. The van der Waals surface area contributed by atoms with Gasteiger partial charge in [-0.3, -0.25) is 4.79 Å². The number of aryl methyl sites for hydroxylation is 1. The molecule has 0 saturated carbocycles. The second-order valence-corrected chi connectivity index (χ2v) is 5.16. The molecule has 0 unspecified atom stereocenters. The molecule has 1 amide bonds. The Labute approximate surface area is 143 Å². The summed E-state index contributed by atoms with van der Waals surface area (Å²) < 4.78 is 15.2. The molecule has 1 N–H and O–H groups in total. The quantitative estimate of drug-likeness (QED) is 0.687. The average molecular weight is 340 g/mol. The van der Waals surface area contributed by atoms with Crippen LogP contribution in [-0.2, 0) is 11.3 Å². The monoisotopic (exact) mass is 340 g/mol. The van der Waals surface area contributed by atoms with Crippen molar-refractivity contribution in [3.63, 3.8) is 0 Å². The van der Waals surface area contributed by atoms with Crippen LogP contribution in [0.2, 0.25) is 0 Å². The zero-order chi connectivity index (χ0) is 17.6. The van der Waals surface area contributed by atoms with E-state index in [9.17, 15) is 4.79 Å². The molecule has 25 heavy (non-hydrogen) atoms. The minimum atomic E-state index is -0.278. The van der Waals surface area contributed by atoms with Crippen LogP contribution in [0.4, 0.5) is 0 Å². The van der Waals surface area contributed by atoms with Crippen LogP contribution in [0.15, 0.2) is 45.5 Å². The molecule has 0 atom stereocenters. The molecular formula is C17H16N4O4. The molecule has 0 radical (unpaired) electrons. The standard InChI is InChI=1S/C17H16N4O4/c1-11-8-14(20-24-11)17-19-16(25-21-17)10-18-15(22)7-6-12-4-3-5-13(9-12)23-2/h3-9H,10H2,1-2H3,(H,18,22)/b7-6+. The van der Waals surface area contributed by atoms with Crippen molar-refractivity contribution in [1.29, 1.82) is 0 Å². The van der Waals surface area contributed by atoms with E-state index in [1.807, 2.05) is 24.3 Å². The predicted molar refractivity (Wildman–Crippen MR) is 88.4 cm³/mol. The second kappa shape index (κ2) is 7.43. The maximum Gasteiger partial charge on any atom is 0.246 e. The number of carbonyl (C=O) groups is 1. The van der Waals surface area contributed by atoms with E-state index >= 15 is 0 Å². The van der Waals surface area contributed by atoms with Gasteiger partial charge in [0.1, 0.15) is 11.5 Å². The van der Waals surface area contributed by atoms with Gasteiger partial charge in [-0.25, -0.2) is 0 Å². The van der Waals surface area contributed by atoms with Gasteiger partial charge in [0.25, 0.3) is 0 Å². The van der Waals surface area contributed by atoms with E-state index < -0.39 is 0 Å². The molecule has 0 bridgehead atoms. The molecule has 0 aliphatic carbocycles. The molecule has 3 aromatic rings. The molecule has 8 nitrogen and oxygen atoms in total. The fourth-order valence-electron chi connectivity index (χ4n) is 2.04. The van der Waals surface area contributed by atoms with Crippen molar-refractivity contribution in [2.45, 2.75) is 13.5 Å². The Hall–Kier alpha value is -3.42. The first-order valence-corrected chi connectivity index (χ1v) is 7.50. The lowest BCUT2D eigenvalue weighted by molar-refractivity contribution is -0.116. The summed E-state index contributed by atoms with van der Waals surface area (Å²) in [5, 5.41) is 10.3. The first-order chi connectivity index (χ1) is 12.1. The highest BCUT2D eigenvalue weighted by atomic mass is 16.5. The van der Waals surface area contributed by atoms with Crippen LogP contribution in [0.3, 0.4) is 0 Å². The van der Waals surface area contributed by atoms with Crippen LogP contribution in [0.5, 0.6) is 5.75 Å². The fourth-order valence-corrected chi connectivity index (χ4v) is 2.04. The van der Waals surface area contributed by atoms with Crippen molar-refractivity contribution < 1.29 is 18.6 Å². The maximum absolute atomic E-state index is 11.9. The van der Waals surface area contributed by atoms with Gasteiger partial charge < -0.3 is 19.1 Å². The summed E-state index contributed by atoms with van der Waals surface area (Å²) in [6.45, 7) is 1.89. The number of carbonyl (C=O) groups excluding carboxylic acids is 1. The smallest absolute Gasteiger partial charge is 0.246 e. The summed E-state index contributed by atoms with van der Waals surface area (Å²) in [6, 6.07) is 9.08. The van der Waals surface area contributed by atoms with E-state index in [0.29, 0.717) is 17.3 Å². The van der Waals surface area contributed by atoms with Gasteiger partial charge in [-0.05, 0) is 30.7 Å². The summed E-state index contributed by atoms with van der Waals surface area (Å²) in [5.74, 6) is 1.69. The third-order valence-electron chi connectivity index (χ3n) is 3.26. The van der Waals surface area contributed by atoms with E-state index in [1.165, 1.54) is 6.08 Å². The van der Waals surface area contributed by atoms with Gasteiger partial charge in [-0.15, -0.1) is 0 Å². The summed E-state index contributed by atoms with van der Waals surface area (Å²) >= 11 is 0. The number of methoxy groups -OCH3 is 1. The molecule has 0 spiro atoms. The Morgan fingerprint density at radius 2 is 2.16 bits per heavy atom. The largest absolute Gasteiger partial charge is 0.497 e. The Bertz CT molecular complexity index is 897. The molecule has 1 aromatic carbocycles. The molecule has 0 aliphatic rings. The molecule has 3 rings (SSSR count). The Kier molecular flexibility index (Phi) is 4.89. The highest BCUT2D eigenvalue weighted by Crippen LogP contribution is 2.15.